The Balaban J connectivity index is 2.45. The molecule has 1 heterocycles. The van der Waals surface area contributed by atoms with Crippen molar-refractivity contribution in [1.82, 2.24) is 0 Å². The van der Waals surface area contributed by atoms with Gasteiger partial charge in [-0.1, -0.05) is 61.8 Å². The van der Waals surface area contributed by atoms with E-state index < -0.39 is 0 Å². The fraction of sp³-hybridized carbons (Fsp3) is 0.412. The Morgan fingerprint density at radius 3 is 2.10 bits per heavy atom. The van der Waals surface area contributed by atoms with Crippen LogP contribution in [-0.2, 0) is 0 Å². The van der Waals surface area contributed by atoms with Crippen LogP contribution in [0.5, 0.6) is 0 Å². The van der Waals surface area contributed by atoms with Crippen LogP contribution in [0.15, 0.2) is 33.4 Å². The number of hydrogen-bond donors (Lipinski definition) is 0. The predicted octanol–water partition coefficient (Wildman–Crippen LogP) is 7.24. The lowest BCUT2D eigenvalue weighted by molar-refractivity contribution is 0.820. The first kappa shape index (κ1) is 16.3. The minimum absolute atomic E-state index is 0.267. The van der Waals surface area contributed by atoms with E-state index in [2.05, 4.69) is 89.2 Å². The summed E-state index contributed by atoms with van der Waals surface area (Å²) >= 11 is 9.16. The van der Waals surface area contributed by atoms with E-state index in [9.17, 15) is 0 Å². The lowest BCUT2D eigenvalue weighted by Crippen LogP contribution is -2.02. The summed E-state index contributed by atoms with van der Waals surface area (Å²) in [6.07, 6.45) is 0. The van der Waals surface area contributed by atoms with Crippen LogP contribution in [-0.4, -0.2) is 0 Å². The van der Waals surface area contributed by atoms with E-state index >= 15 is 0 Å². The maximum Gasteiger partial charge on any atom is 0.0701 e. The van der Waals surface area contributed by atoms with Gasteiger partial charge in [0.2, 0.25) is 0 Å². The van der Waals surface area contributed by atoms with E-state index in [1.54, 1.807) is 11.3 Å². The van der Waals surface area contributed by atoms with Crippen LogP contribution in [0.4, 0.5) is 0 Å². The number of alkyl halides is 1. The minimum Gasteiger partial charge on any atom is -0.136 e. The van der Waals surface area contributed by atoms with E-state index in [4.69, 9.17) is 0 Å². The molecule has 1 unspecified atom stereocenters. The molecule has 3 heteroatoms. The van der Waals surface area contributed by atoms with Crippen molar-refractivity contribution in [3.05, 3.63) is 55.7 Å². The zero-order chi connectivity index (χ0) is 14.9. The van der Waals surface area contributed by atoms with Gasteiger partial charge in [0.25, 0.3) is 0 Å². The Bertz CT molecular complexity index is 584. The number of thiophene rings is 1. The van der Waals surface area contributed by atoms with E-state index in [1.165, 1.54) is 26.0 Å². The molecule has 108 valence electrons. The Kier molecular flexibility index (Phi) is 5.49. The highest BCUT2D eigenvalue weighted by molar-refractivity contribution is 9.11. The molecule has 0 aliphatic rings. The normalized spacial score (nSPS) is 13.2. The summed E-state index contributed by atoms with van der Waals surface area (Å²) in [7, 11) is 0. The molecule has 1 aromatic carbocycles. The smallest absolute Gasteiger partial charge is 0.0701 e. The first-order valence-corrected chi connectivity index (χ1v) is 9.50. The van der Waals surface area contributed by atoms with Gasteiger partial charge in [-0.3, -0.25) is 0 Å². The molecular weight excluding hydrogens is 396 g/mol. The molecule has 0 saturated heterocycles. The second-order valence-electron chi connectivity index (χ2n) is 5.74. The monoisotopic (exact) mass is 414 g/mol. The van der Waals surface area contributed by atoms with Gasteiger partial charge < -0.3 is 0 Å². The third-order valence-corrected chi connectivity index (χ3v) is 6.10. The summed E-state index contributed by atoms with van der Waals surface area (Å²) in [5.41, 5.74) is 5.57. The summed E-state index contributed by atoms with van der Waals surface area (Å²) in [6, 6.07) is 9.13. The lowest BCUT2D eigenvalue weighted by atomic mass is 9.89. The summed E-state index contributed by atoms with van der Waals surface area (Å²) in [5, 5.41) is 2.21. The minimum atomic E-state index is 0.267. The zero-order valence-electron chi connectivity index (χ0n) is 12.3. The molecule has 20 heavy (non-hydrogen) atoms. The third kappa shape index (κ3) is 3.55. The number of halogens is 2. The van der Waals surface area contributed by atoms with Crippen LogP contribution in [0, 0.1) is 0 Å². The standard InChI is InChI=1S/C17H20Br2S/c1-10(2)12-5-6-14(15(7-12)11(3)4)17(19)13-8-16(18)20-9-13/h5-11,17H,1-4H3. The highest BCUT2D eigenvalue weighted by Crippen LogP contribution is 2.39. The molecule has 0 fully saturated rings. The van der Waals surface area contributed by atoms with Crippen LogP contribution in [0.3, 0.4) is 0 Å². The van der Waals surface area contributed by atoms with Crippen LogP contribution < -0.4 is 0 Å². The highest BCUT2D eigenvalue weighted by atomic mass is 79.9. The molecule has 0 radical (unpaired) electrons. The summed E-state index contributed by atoms with van der Waals surface area (Å²) in [5.74, 6) is 1.11. The number of hydrogen-bond acceptors (Lipinski definition) is 1. The fourth-order valence-corrected chi connectivity index (χ4v) is 4.38. The van der Waals surface area contributed by atoms with Crippen molar-refractivity contribution in [3.63, 3.8) is 0 Å². The average Bonchev–Trinajstić information content (AvgIpc) is 2.83. The quantitative estimate of drug-likeness (QED) is 0.461. The van der Waals surface area contributed by atoms with Crippen molar-refractivity contribution in [1.29, 1.82) is 0 Å². The zero-order valence-corrected chi connectivity index (χ0v) is 16.3. The third-order valence-electron chi connectivity index (χ3n) is 3.55. The van der Waals surface area contributed by atoms with Crippen molar-refractivity contribution in [2.45, 2.75) is 44.4 Å². The molecule has 1 aromatic heterocycles. The highest BCUT2D eigenvalue weighted by Gasteiger charge is 2.18. The fourth-order valence-electron chi connectivity index (χ4n) is 2.32. The maximum absolute atomic E-state index is 3.87. The summed E-state index contributed by atoms with van der Waals surface area (Å²) < 4.78 is 1.18. The molecule has 2 aromatic rings. The van der Waals surface area contributed by atoms with Gasteiger partial charge in [0.15, 0.2) is 0 Å². The van der Waals surface area contributed by atoms with Crippen molar-refractivity contribution < 1.29 is 0 Å². The number of benzene rings is 1. The molecule has 0 spiro atoms. The molecule has 2 rings (SSSR count). The topological polar surface area (TPSA) is 0 Å². The van der Waals surface area contributed by atoms with Crippen LogP contribution in [0.2, 0.25) is 0 Å². The second kappa shape index (κ2) is 6.76. The summed E-state index contributed by atoms with van der Waals surface area (Å²) in [6.45, 7) is 9.04. The molecule has 0 aliphatic heterocycles. The van der Waals surface area contributed by atoms with Crippen molar-refractivity contribution >= 4 is 43.2 Å². The summed E-state index contributed by atoms with van der Waals surface area (Å²) in [4.78, 5) is 0.267. The van der Waals surface area contributed by atoms with Gasteiger partial charge in [0.05, 0.1) is 8.61 Å². The Morgan fingerprint density at radius 2 is 1.60 bits per heavy atom. The maximum atomic E-state index is 3.87. The Hall–Kier alpha value is -0.120. The van der Waals surface area contributed by atoms with Crippen LogP contribution >= 0.6 is 43.2 Å². The molecule has 0 amide bonds. The predicted molar refractivity (Wildman–Crippen MR) is 97.4 cm³/mol. The SMILES string of the molecule is CC(C)c1ccc(C(Br)c2csc(Br)c2)c(C(C)C)c1. The van der Waals surface area contributed by atoms with Crippen molar-refractivity contribution in [2.75, 3.05) is 0 Å². The molecule has 0 bridgehead atoms. The van der Waals surface area contributed by atoms with E-state index in [1.807, 2.05) is 0 Å². The largest absolute Gasteiger partial charge is 0.136 e. The molecule has 0 nitrogen and oxygen atoms in total. The number of rotatable bonds is 4. The van der Waals surface area contributed by atoms with Gasteiger partial charge in [-0.2, -0.15) is 0 Å². The van der Waals surface area contributed by atoms with Gasteiger partial charge in [0.1, 0.15) is 0 Å². The molecule has 0 N–H and O–H groups in total. The van der Waals surface area contributed by atoms with Gasteiger partial charge in [-0.15, -0.1) is 11.3 Å². The van der Waals surface area contributed by atoms with Gasteiger partial charge in [-0.05, 0) is 61.5 Å². The first-order valence-electron chi connectivity index (χ1n) is 6.92. The van der Waals surface area contributed by atoms with Crippen LogP contribution in [0.1, 0.15) is 66.6 Å². The van der Waals surface area contributed by atoms with Gasteiger partial charge >= 0.3 is 0 Å². The van der Waals surface area contributed by atoms with E-state index in [0.717, 1.165) is 0 Å². The van der Waals surface area contributed by atoms with Gasteiger partial charge in [0, 0.05) is 0 Å². The van der Waals surface area contributed by atoms with Crippen LogP contribution in [0.25, 0.3) is 0 Å². The molecule has 0 saturated carbocycles. The lowest BCUT2D eigenvalue weighted by Gasteiger charge is -2.19. The Morgan fingerprint density at radius 1 is 0.900 bits per heavy atom. The first-order chi connectivity index (χ1) is 9.40. The molecular formula is C17H20Br2S. The molecule has 0 aliphatic carbocycles. The average molecular weight is 416 g/mol. The Labute approximate surface area is 142 Å². The van der Waals surface area contributed by atoms with E-state index in [0.29, 0.717) is 11.8 Å². The van der Waals surface area contributed by atoms with Crippen molar-refractivity contribution in [3.8, 4) is 0 Å². The van der Waals surface area contributed by atoms with Crippen molar-refractivity contribution in [2.24, 2.45) is 0 Å². The van der Waals surface area contributed by atoms with E-state index in [-0.39, 0.29) is 4.83 Å². The van der Waals surface area contributed by atoms with Gasteiger partial charge in [-0.25, -0.2) is 0 Å². The second-order valence-corrected chi connectivity index (χ2v) is 8.95. The molecule has 1 atom stereocenters.